The molecule has 0 N–H and O–H groups in total. The molecule has 7 rings (SSSR count). The van der Waals surface area contributed by atoms with Crippen molar-refractivity contribution in [1.82, 2.24) is 4.98 Å². The van der Waals surface area contributed by atoms with E-state index in [1.54, 1.807) is 0 Å². The van der Waals surface area contributed by atoms with Gasteiger partial charge in [0, 0.05) is 33.5 Å². The first kappa shape index (κ1) is 20.7. The van der Waals surface area contributed by atoms with E-state index < -0.39 is 0 Å². The third-order valence-electron chi connectivity index (χ3n) is 8.35. The van der Waals surface area contributed by atoms with E-state index in [9.17, 15) is 0 Å². The van der Waals surface area contributed by atoms with Crippen LogP contribution in [-0.2, 0) is 10.8 Å². The van der Waals surface area contributed by atoms with Crippen molar-refractivity contribution >= 4 is 43.5 Å². The van der Waals surface area contributed by atoms with Crippen LogP contribution in [0.1, 0.15) is 51.7 Å². The van der Waals surface area contributed by atoms with Crippen LogP contribution in [0.15, 0.2) is 83.4 Å². The Morgan fingerprint density at radius 1 is 0.686 bits per heavy atom. The Hall–Kier alpha value is -3.65. The molecule has 2 nitrogen and oxygen atoms in total. The molecule has 1 aliphatic carbocycles. The topological polar surface area (TPSA) is 26.0 Å². The molecule has 2 aromatic heterocycles. The van der Waals surface area contributed by atoms with Crippen molar-refractivity contribution in [3.63, 3.8) is 0 Å². The Labute approximate surface area is 205 Å². The molecule has 6 aromatic rings. The second-order valence-corrected chi connectivity index (χ2v) is 11.5. The Balaban J connectivity index is 1.56. The third kappa shape index (κ3) is 2.92. The molecule has 0 unspecified atom stereocenters. The zero-order chi connectivity index (χ0) is 23.9. The van der Waals surface area contributed by atoms with Gasteiger partial charge in [-0.3, -0.25) is 4.98 Å². The van der Waals surface area contributed by atoms with E-state index >= 15 is 0 Å². The van der Waals surface area contributed by atoms with Crippen molar-refractivity contribution in [2.24, 2.45) is 0 Å². The van der Waals surface area contributed by atoms with Gasteiger partial charge < -0.3 is 4.42 Å². The van der Waals surface area contributed by atoms with Crippen LogP contribution in [0, 0.1) is 0 Å². The lowest BCUT2D eigenvalue weighted by Gasteiger charge is -2.41. The second kappa shape index (κ2) is 6.95. The van der Waals surface area contributed by atoms with E-state index in [1.165, 1.54) is 51.1 Å². The van der Waals surface area contributed by atoms with E-state index in [0.717, 1.165) is 27.6 Å². The fourth-order valence-corrected chi connectivity index (χ4v) is 6.27. The average molecular weight is 456 g/mol. The summed E-state index contributed by atoms with van der Waals surface area (Å²) in [5.74, 6) is 0. The molecule has 0 amide bonds. The van der Waals surface area contributed by atoms with E-state index in [2.05, 4.69) is 100 Å². The van der Waals surface area contributed by atoms with Crippen LogP contribution in [0.5, 0.6) is 0 Å². The normalized spacial score (nSPS) is 16.8. The van der Waals surface area contributed by atoms with E-state index in [1.807, 2.05) is 6.20 Å². The van der Waals surface area contributed by atoms with Crippen molar-refractivity contribution in [3.8, 4) is 11.3 Å². The average Bonchev–Trinajstić information content (AvgIpc) is 3.22. The van der Waals surface area contributed by atoms with Crippen molar-refractivity contribution in [1.29, 1.82) is 0 Å². The van der Waals surface area contributed by atoms with Gasteiger partial charge in [-0.2, -0.15) is 0 Å². The summed E-state index contributed by atoms with van der Waals surface area (Å²) in [6.07, 6.45) is 4.28. The summed E-state index contributed by atoms with van der Waals surface area (Å²) in [4.78, 5) is 4.88. The highest BCUT2D eigenvalue weighted by molar-refractivity contribution is 6.14. The minimum atomic E-state index is 0.0906. The van der Waals surface area contributed by atoms with Crippen LogP contribution in [-0.4, -0.2) is 4.98 Å². The number of rotatable bonds is 1. The van der Waals surface area contributed by atoms with Gasteiger partial charge in [0.15, 0.2) is 0 Å². The van der Waals surface area contributed by atoms with Crippen LogP contribution in [0.3, 0.4) is 0 Å². The molecule has 0 radical (unpaired) electrons. The van der Waals surface area contributed by atoms with E-state index in [0.29, 0.717) is 0 Å². The number of aromatic nitrogens is 1. The highest BCUT2D eigenvalue weighted by Crippen LogP contribution is 2.50. The Bertz CT molecular complexity index is 1800. The fourth-order valence-electron chi connectivity index (χ4n) is 6.27. The molecule has 0 aliphatic heterocycles. The molecule has 0 spiro atoms. The first-order valence-corrected chi connectivity index (χ1v) is 12.6. The number of hydrogen-bond donors (Lipinski definition) is 0. The Kier molecular flexibility index (Phi) is 4.11. The summed E-state index contributed by atoms with van der Waals surface area (Å²) in [6.45, 7) is 9.47. The van der Waals surface area contributed by atoms with Crippen molar-refractivity contribution in [2.45, 2.75) is 51.4 Å². The van der Waals surface area contributed by atoms with Crippen LogP contribution >= 0.6 is 0 Å². The predicted molar refractivity (Wildman–Crippen MR) is 147 cm³/mol. The molecule has 2 heterocycles. The molecule has 172 valence electrons. The van der Waals surface area contributed by atoms with E-state index in [4.69, 9.17) is 9.40 Å². The second-order valence-electron chi connectivity index (χ2n) is 11.5. The summed E-state index contributed by atoms with van der Waals surface area (Å²) >= 11 is 0. The standard InChI is InChI=1S/C33H29NO/c1-32(2)15-16-33(3,4)29-27(32)13-12-24-26-19-25-21(18-28(26)35-31(24)29)14-17-34-30(25)23-11-7-9-20-8-5-6-10-22(20)23/h5-14,17-19H,15-16H2,1-4H3. The number of benzene rings is 4. The van der Waals surface area contributed by atoms with Gasteiger partial charge in [0.05, 0.1) is 5.69 Å². The molecule has 35 heavy (non-hydrogen) atoms. The molecule has 1 aliphatic rings. The molecule has 4 aromatic carbocycles. The Morgan fingerprint density at radius 3 is 2.37 bits per heavy atom. The van der Waals surface area contributed by atoms with Crippen LogP contribution in [0.25, 0.3) is 54.7 Å². The molecule has 0 saturated carbocycles. The van der Waals surface area contributed by atoms with Gasteiger partial charge in [-0.25, -0.2) is 0 Å². The van der Waals surface area contributed by atoms with Crippen LogP contribution in [0.4, 0.5) is 0 Å². The van der Waals surface area contributed by atoms with Crippen molar-refractivity contribution in [2.75, 3.05) is 0 Å². The zero-order valence-corrected chi connectivity index (χ0v) is 20.8. The molecule has 0 atom stereocenters. The van der Waals surface area contributed by atoms with Gasteiger partial charge in [-0.1, -0.05) is 82.3 Å². The first-order chi connectivity index (χ1) is 16.8. The zero-order valence-electron chi connectivity index (χ0n) is 20.8. The maximum atomic E-state index is 6.68. The minimum absolute atomic E-state index is 0.0906. The minimum Gasteiger partial charge on any atom is -0.456 e. The lowest BCUT2D eigenvalue weighted by Crippen LogP contribution is -2.33. The summed E-state index contributed by atoms with van der Waals surface area (Å²) in [5.41, 5.74) is 7.28. The molecular formula is C33H29NO. The molecule has 2 heteroatoms. The number of nitrogens with zero attached hydrogens (tertiary/aromatic N) is 1. The lowest BCUT2D eigenvalue weighted by molar-refractivity contribution is 0.331. The summed E-state index contributed by atoms with van der Waals surface area (Å²) in [5, 5.41) is 7.16. The summed E-state index contributed by atoms with van der Waals surface area (Å²) in [6, 6.07) is 26.3. The van der Waals surface area contributed by atoms with Gasteiger partial charge >= 0.3 is 0 Å². The predicted octanol–water partition coefficient (Wildman–Crippen LogP) is 9.30. The molecule has 0 bridgehead atoms. The van der Waals surface area contributed by atoms with E-state index in [-0.39, 0.29) is 10.8 Å². The van der Waals surface area contributed by atoms with Crippen molar-refractivity contribution < 1.29 is 4.42 Å². The number of fused-ring (bicyclic) bond motifs is 7. The SMILES string of the molecule is CC1(C)CCC(C)(C)c2c1ccc1c2oc2cc3ccnc(-c4cccc5ccccc45)c3cc21. The highest BCUT2D eigenvalue weighted by Gasteiger charge is 2.39. The third-order valence-corrected chi connectivity index (χ3v) is 8.35. The fraction of sp³-hybridized carbons (Fsp3) is 0.242. The smallest absolute Gasteiger partial charge is 0.139 e. The van der Waals surface area contributed by atoms with Crippen LogP contribution < -0.4 is 0 Å². The van der Waals surface area contributed by atoms with Gasteiger partial charge in [-0.05, 0) is 63.6 Å². The number of furan rings is 1. The first-order valence-electron chi connectivity index (χ1n) is 12.6. The Morgan fingerprint density at radius 2 is 1.49 bits per heavy atom. The van der Waals surface area contributed by atoms with Gasteiger partial charge in [0.1, 0.15) is 11.2 Å². The highest BCUT2D eigenvalue weighted by atomic mass is 16.3. The maximum Gasteiger partial charge on any atom is 0.139 e. The molecular weight excluding hydrogens is 426 g/mol. The molecule has 0 fully saturated rings. The van der Waals surface area contributed by atoms with Crippen molar-refractivity contribution in [3.05, 3.63) is 90.1 Å². The van der Waals surface area contributed by atoms with Gasteiger partial charge in [0.25, 0.3) is 0 Å². The molecule has 0 saturated heterocycles. The number of pyridine rings is 1. The monoisotopic (exact) mass is 455 g/mol. The largest absolute Gasteiger partial charge is 0.456 e. The van der Waals surface area contributed by atoms with Crippen LogP contribution in [0.2, 0.25) is 0 Å². The summed E-state index contributed by atoms with van der Waals surface area (Å²) in [7, 11) is 0. The number of hydrogen-bond acceptors (Lipinski definition) is 2. The van der Waals surface area contributed by atoms with Gasteiger partial charge in [-0.15, -0.1) is 0 Å². The quantitative estimate of drug-likeness (QED) is 0.247. The maximum absolute atomic E-state index is 6.68. The lowest BCUT2D eigenvalue weighted by atomic mass is 9.63. The summed E-state index contributed by atoms with van der Waals surface area (Å²) < 4.78 is 6.68. The van der Waals surface area contributed by atoms with Gasteiger partial charge in [0.2, 0.25) is 0 Å².